The molecule has 9 aromatic rings. The summed E-state index contributed by atoms with van der Waals surface area (Å²) in [6.07, 6.45) is 0. The lowest BCUT2D eigenvalue weighted by atomic mass is 9.63. The zero-order valence-corrected chi connectivity index (χ0v) is 27.5. The van der Waals surface area contributed by atoms with E-state index in [2.05, 4.69) is 152 Å². The van der Waals surface area contributed by atoms with Gasteiger partial charge in [0.05, 0.1) is 5.41 Å². The van der Waals surface area contributed by atoms with Crippen LogP contribution in [-0.4, -0.2) is 9.97 Å². The highest BCUT2D eigenvalue weighted by molar-refractivity contribution is 6.07. The summed E-state index contributed by atoms with van der Waals surface area (Å²) in [5.74, 6) is 2.20. The van der Waals surface area contributed by atoms with Crippen LogP contribution in [0, 0.1) is 0 Å². The van der Waals surface area contributed by atoms with Crippen LogP contribution in [0.4, 0.5) is 0 Å². The molecule has 3 heterocycles. The first-order valence-corrected chi connectivity index (χ1v) is 17.2. The number of hydrogen-bond acceptors (Lipinski definition) is 4. The van der Waals surface area contributed by atoms with Crippen molar-refractivity contribution in [3.05, 3.63) is 204 Å². The molecule has 10 rings (SSSR count). The van der Waals surface area contributed by atoms with Gasteiger partial charge in [-0.3, -0.25) is 0 Å². The maximum atomic E-state index is 6.79. The van der Waals surface area contributed by atoms with Crippen molar-refractivity contribution in [1.29, 1.82) is 0 Å². The number of rotatable bonds is 5. The standard InChI is InChI=1S/C47H30N2O2/c1-4-15-31(16-5-1)32-17-14-18-33(29-32)43-45-44(37-23-10-12-25-40(37)51-45)49-46(48-43)34-27-28-39-42(30-34)50-41-26-13-11-24-38(41)47(39,35-19-6-2-7-20-35)36-21-8-3-9-22-36/h1-30H. The molecule has 0 saturated heterocycles. The van der Waals surface area contributed by atoms with Gasteiger partial charge in [-0.2, -0.15) is 0 Å². The molecule has 0 spiro atoms. The molecule has 0 radical (unpaired) electrons. The summed E-state index contributed by atoms with van der Waals surface area (Å²) in [6, 6.07) is 63.1. The van der Waals surface area contributed by atoms with Crippen molar-refractivity contribution in [2.45, 2.75) is 5.41 Å². The molecule has 2 aromatic heterocycles. The van der Waals surface area contributed by atoms with E-state index in [4.69, 9.17) is 19.1 Å². The first-order valence-electron chi connectivity index (χ1n) is 17.2. The fourth-order valence-electron chi connectivity index (χ4n) is 7.74. The van der Waals surface area contributed by atoms with E-state index in [9.17, 15) is 0 Å². The number of fused-ring (bicyclic) bond motifs is 5. The highest BCUT2D eigenvalue weighted by Crippen LogP contribution is 2.55. The van der Waals surface area contributed by atoms with Crippen molar-refractivity contribution in [2.24, 2.45) is 0 Å². The van der Waals surface area contributed by atoms with Crippen LogP contribution in [0.1, 0.15) is 22.3 Å². The van der Waals surface area contributed by atoms with Gasteiger partial charge in [-0.1, -0.05) is 152 Å². The topological polar surface area (TPSA) is 48.2 Å². The number of benzene rings is 7. The largest absolute Gasteiger partial charge is 0.457 e. The smallest absolute Gasteiger partial charge is 0.180 e. The summed E-state index contributed by atoms with van der Waals surface area (Å²) < 4.78 is 13.3. The quantitative estimate of drug-likeness (QED) is 0.185. The van der Waals surface area contributed by atoms with Gasteiger partial charge < -0.3 is 9.15 Å². The van der Waals surface area contributed by atoms with E-state index in [-0.39, 0.29) is 0 Å². The van der Waals surface area contributed by atoms with E-state index in [0.717, 1.165) is 67.1 Å². The molecule has 0 saturated carbocycles. The molecule has 4 heteroatoms. The number of furan rings is 1. The molecule has 1 aliphatic rings. The minimum atomic E-state index is -0.597. The van der Waals surface area contributed by atoms with Crippen LogP contribution in [0.25, 0.3) is 55.8 Å². The molecular formula is C47H30N2O2. The molecule has 0 N–H and O–H groups in total. The Morgan fingerprint density at radius 1 is 0.431 bits per heavy atom. The fourth-order valence-corrected chi connectivity index (χ4v) is 7.74. The van der Waals surface area contributed by atoms with Crippen LogP contribution in [0.3, 0.4) is 0 Å². The summed E-state index contributed by atoms with van der Waals surface area (Å²) >= 11 is 0. The van der Waals surface area contributed by atoms with Crippen LogP contribution in [0.2, 0.25) is 0 Å². The van der Waals surface area contributed by atoms with Gasteiger partial charge in [-0.05, 0) is 52.6 Å². The second-order valence-electron chi connectivity index (χ2n) is 12.9. The summed E-state index contributed by atoms with van der Waals surface area (Å²) in [7, 11) is 0. The minimum Gasteiger partial charge on any atom is -0.457 e. The maximum absolute atomic E-state index is 6.79. The third-order valence-electron chi connectivity index (χ3n) is 10.0. The number of nitrogens with zero attached hydrogens (tertiary/aromatic N) is 2. The Kier molecular flexibility index (Phi) is 6.68. The lowest BCUT2D eigenvalue weighted by Crippen LogP contribution is -2.34. The average molecular weight is 655 g/mol. The van der Waals surface area contributed by atoms with E-state index >= 15 is 0 Å². The summed E-state index contributed by atoms with van der Waals surface area (Å²) in [4.78, 5) is 10.4. The highest BCUT2D eigenvalue weighted by Gasteiger charge is 2.45. The summed E-state index contributed by atoms with van der Waals surface area (Å²) in [6.45, 7) is 0. The number of ether oxygens (including phenoxy) is 1. The molecule has 0 aliphatic carbocycles. The molecule has 1 aliphatic heterocycles. The van der Waals surface area contributed by atoms with Crippen molar-refractivity contribution >= 4 is 22.1 Å². The predicted octanol–water partition coefficient (Wildman–Crippen LogP) is 11.9. The Labute approximate surface area is 295 Å². The second kappa shape index (κ2) is 11.7. The van der Waals surface area contributed by atoms with Crippen LogP contribution < -0.4 is 4.74 Å². The van der Waals surface area contributed by atoms with Crippen molar-refractivity contribution in [3.63, 3.8) is 0 Å². The normalized spacial score (nSPS) is 13.0. The fraction of sp³-hybridized carbons (Fsp3) is 0.0213. The molecule has 0 unspecified atom stereocenters. The molecule has 0 amide bonds. The lowest BCUT2D eigenvalue weighted by molar-refractivity contribution is 0.434. The first-order chi connectivity index (χ1) is 25.3. The van der Waals surface area contributed by atoms with Crippen LogP contribution in [0.5, 0.6) is 11.5 Å². The Hall–Kier alpha value is -6.78. The van der Waals surface area contributed by atoms with Gasteiger partial charge in [-0.15, -0.1) is 0 Å². The Morgan fingerprint density at radius 3 is 1.84 bits per heavy atom. The Balaban J connectivity index is 1.21. The maximum Gasteiger partial charge on any atom is 0.180 e. The highest BCUT2D eigenvalue weighted by atomic mass is 16.5. The van der Waals surface area contributed by atoms with Gasteiger partial charge in [0.2, 0.25) is 0 Å². The molecular weight excluding hydrogens is 625 g/mol. The zero-order chi connectivity index (χ0) is 33.8. The lowest BCUT2D eigenvalue weighted by Gasteiger charge is -2.41. The molecule has 0 atom stereocenters. The van der Waals surface area contributed by atoms with Crippen molar-refractivity contribution < 1.29 is 9.15 Å². The van der Waals surface area contributed by atoms with E-state index in [1.165, 1.54) is 11.1 Å². The van der Waals surface area contributed by atoms with E-state index in [0.29, 0.717) is 11.4 Å². The van der Waals surface area contributed by atoms with E-state index < -0.39 is 5.41 Å². The molecule has 4 nitrogen and oxygen atoms in total. The number of aromatic nitrogens is 2. The van der Waals surface area contributed by atoms with Crippen LogP contribution in [0.15, 0.2) is 186 Å². The second-order valence-corrected chi connectivity index (χ2v) is 12.9. The van der Waals surface area contributed by atoms with E-state index in [1.807, 2.05) is 30.3 Å². The Morgan fingerprint density at radius 2 is 1.06 bits per heavy atom. The SMILES string of the molecule is c1ccc(-c2cccc(-c3nc(-c4ccc5c(c4)Oc4ccccc4C5(c4ccccc4)c4ccccc4)nc4c3oc3ccccc34)c2)cc1. The first kappa shape index (κ1) is 29.2. The third-order valence-corrected chi connectivity index (χ3v) is 10.0. The van der Waals surface area contributed by atoms with Gasteiger partial charge in [0.15, 0.2) is 11.4 Å². The monoisotopic (exact) mass is 654 g/mol. The van der Waals surface area contributed by atoms with Gasteiger partial charge in [0.1, 0.15) is 28.3 Å². The summed E-state index contributed by atoms with van der Waals surface area (Å²) in [5.41, 5.74) is 10.9. The van der Waals surface area contributed by atoms with Gasteiger partial charge >= 0.3 is 0 Å². The van der Waals surface area contributed by atoms with Crippen molar-refractivity contribution in [2.75, 3.05) is 0 Å². The Bertz CT molecular complexity index is 2680. The molecule has 240 valence electrons. The molecule has 7 aromatic carbocycles. The summed E-state index contributed by atoms with van der Waals surface area (Å²) in [5, 5.41) is 0.951. The molecule has 0 fully saturated rings. The zero-order valence-electron chi connectivity index (χ0n) is 27.5. The van der Waals surface area contributed by atoms with Gasteiger partial charge in [-0.25, -0.2) is 9.97 Å². The average Bonchev–Trinajstić information content (AvgIpc) is 3.59. The van der Waals surface area contributed by atoms with Crippen LogP contribution >= 0.6 is 0 Å². The predicted molar refractivity (Wildman–Crippen MR) is 204 cm³/mol. The van der Waals surface area contributed by atoms with E-state index in [1.54, 1.807) is 0 Å². The van der Waals surface area contributed by atoms with Crippen molar-refractivity contribution in [3.8, 4) is 45.3 Å². The van der Waals surface area contributed by atoms with Gasteiger partial charge in [0.25, 0.3) is 0 Å². The third kappa shape index (κ3) is 4.61. The molecule has 51 heavy (non-hydrogen) atoms. The van der Waals surface area contributed by atoms with Crippen LogP contribution in [-0.2, 0) is 5.41 Å². The van der Waals surface area contributed by atoms with Crippen molar-refractivity contribution in [1.82, 2.24) is 9.97 Å². The number of para-hydroxylation sites is 2. The minimum absolute atomic E-state index is 0.597. The molecule has 0 bridgehead atoms. The van der Waals surface area contributed by atoms with Gasteiger partial charge in [0, 0.05) is 27.6 Å². The number of hydrogen-bond donors (Lipinski definition) is 0.